The molecule has 4 nitrogen and oxygen atoms in total. The molecule has 0 spiro atoms. The average molecular weight is 248 g/mol. The van der Waals surface area contributed by atoms with Crippen molar-refractivity contribution in [3.8, 4) is 0 Å². The van der Waals surface area contributed by atoms with Crippen molar-refractivity contribution in [3.05, 3.63) is 30.1 Å². The summed E-state index contributed by atoms with van der Waals surface area (Å²) in [6.45, 7) is 4.07. The molecule has 1 N–H and O–H groups in total. The molecule has 1 aliphatic heterocycles. The molecule has 0 aromatic carbocycles. The van der Waals surface area contributed by atoms with E-state index < -0.39 is 0 Å². The Balaban J connectivity index is 1.80. The van der Waals surface area contributed by atoms with E-state index in [1.54, 1.807) is 6.20 Å². The molecule has 2 heterocycles. The Morgan fingerprint density at radius 2 is 2.28 bits per heavy atom. The lowest BCUT2D eigenvalue weighted by Gasteiger charge is -2.26. The first kappa shape index (κ1) is 13.0. The van der Waals surface area contributed by atoms with E-state index in [9.17, 15) is 4.79 Å². The quantitative estimate of drug-likeness (QED) is 0.883. The van der Waals surface area contributed by atoms with Crippen LogP contribution in [-0.4, -0.2) is 24.1 Å². The van der Waals surface area contributed by atoms with Crippen LogP contribution in [0.3, 0.4) is 0 Å². The Morgan fingerprint density at radius 1 is 1.50 bits per heavy atom. The first-order chi connectivity index (χ1) is 8.77. The predicted octanol–water partition coefficient (Wildman–Crippen LogP) is 1.76. The van der Waals surface area contributed by atoms with E-state index in [1.165, 1.54) is 0 Å². The van der Waals surface area contributed by atoms with Crippen LogP contribution in [0.5, 0.6) is 0 Å². The first-order valence-corrected chi connectivity index (χ1v) is 6.52. The molecule has 0 bridgehead atoms. The van der Waals surface area contributed by atoms with E-state index in [1.807, 2.05) is 25.1 Å². The van der Waals surface area contributed by atoms with Crippen molar-refractivity contribution in [3.63, 3.8) is 0 Å². The van der Waals surface area contributed by atoms with Crippen molar-refractivity contribution in [2.24, 2.45) is 11.8 Å². The summed E-state index contributed by atoms with van der Waals surface area (Å²) < 4.78 is 5.32. The molecule has 0 aliphatic carbocycles. The minimum atomic E-state index is 0.0533. The number of aromatic nitrogens is 1. The van der Waals surface area contributed by atoms with Crippen LogP contribution in [0.25, 0.3) is 0 Å². The van der Waals surface area contributed by atoms with Gasteiger partial charge in [0.1, 0.15) is 0 Å². The lowest BCUT2D eigenvalue weighted by molar-refractivity contribution is -0.127. The summed E-state index contributed by atoms with van der Waals surface area (Å²) in [6, 6.07) is 5.71. The molecule has 1 aliphatic rings. The van der Waals surface area contributed by atoms with Crippen molar-refractivity contribution in [2.75, 3.05) is 13.2 Å². The van der Waals surface area contributed by atoms with Gasteiger partial charge in [0.2, 0.25) is 5.91 Å². The Kier molecular flexibility index (Phi) is 4.70. The number of ether oxygens (including phenoxy) is 1. The Bertz CT molecular complexity index is 375. The zero-order valence-electron chi connectivity index (χ0n) is 10.8. The van der Waals surface area contributed by atoms with Gasteiger partial charge in [-0.15, -0.1) is 0 Å². The van der Waals surface area contributed by atoms with Gasteiger partial charge in [0.05, 0.1) is 12.2 Å². The number of nitrogens with zero attached hydrogens (tertiary/aromatic N) is 1. The number of carbonyl (C=O) groups is 1. The van der Waals surface area contributed by atoms with Gasteiger partial charge in [-0.2, -0.15) is 0 Å². The second kappa shape index (κ2) is 6.50. The third-order valence-electron chi connectivity index (χ3n) is 3.56. The van der Waals surface area contributed by atoms with Gasteiger partial charge in [-0.25, -0.2) is 0 Å². The molecule has 0 radical (unpaired) electrons. The van der Waals surface area contributed by atoms with Gasteiger partial charge in [-0.05, 0) is 30.9 Å². The van der Waals surface area contributed by atoms with E-state index in [-0.39, 0.29) is 11.8 Å². The van der Waals surface area contributed by atoms with Crippen molar-refractivity contribution in [2.45, 2.75) is 26.3 Å². The van der Waals surface area contributed by atoms with Crippen LogP contribution in [0, 0.1) is 11.8 Å². The topological polar surface area (TPSA) is 51.2 Å². The fraction of sp³-hybridized carbons (Fsp3) is 0.571. The van der Waals surface area contributed by atoms with Crippen molar-refractivity contribution in [1.82, 2.24) is 10.3 Å². The van der Waals surface area contributed by atoms with Crippen LogP contribution in [0.1, 0.15) is 25.5 Å². The highest BCUT2D eigenvalue weighted by atomic mass is 16.5. The number of hydrogen-bond acceptors (Lipinski definition) is 3. The molecule has 18 heavy (non-hydrogen) atoms. The molecule has 2 rings (SSSR count). The minimum absolute atomic E-state index is 0.0533. The van der Waals surface area contributed by atoms with Gasteiger partial charge >= 0.3 is 0 Å². The molecule has 1 amide bonds. The number of carbonyl (C=O) groups excluding carboxylic acids is 1. The van der Waals surface area contributed by atoms with Crippen molar-refractivity contribution in [1.29, 1.82) is 0 Å². The highest BCUT2D eigenvalue weighted by Gasteiger charge is 2.25. The standard InChI is InChI=1S/C14H20N2O2/c1-11(12-5-8-18-9-6-12)14(17)16-10-13-4-2-3-7-15-13/h2-4,7,11-12H,5-6,8-10H2,1H3,(H,16,17). The fourth-order valence-electron chi connectivity index (χ4n) is 2.27. The SMILES string of the molecule is CC(C(=O)NCc1ccccn1)C1CCOCC1. The van der Waals surface area contributed by atoms with Gasteiger partial charge < -0.3 is 10.1 Å². The number of amides is 1. The number of rotatable bonds is 4. The summed E-state index contributed by atoms with van der Waals surface area (Å²) >= 11 is 0. The second-order valence-electron chi connectivity index (χ2n) is 4.78. The lowest BCUT2D eigenvalue weighted by atomic mass is 9.87. The molecule has 1 aromatic heterocycles. The maximum atomic E-state index is 12.0. The molecular formula is C14H20N2O2. The third kappa shape index (κ3) is 3.53. The lowest BCUT2D eigenvalue weighted by Crippen LogP contribution is -2.35. The smallest absolute Gasteiger partial charge is 0.223 e. The zero-order chi connectivity index (χ0) is 12.8. The molecule has 1 unspecified atom stereocenters. The predicted molar refractivity (Wildman–Crippen MR) is 68.8 cm³/mol. The van der Waals surface area contributed by atoms with Crippen LogP contribution in [0.4, 0.5) is 0 Å². The molecule has 1 atom stereocenters. The average Bonchev–Trinajstić information content (AvgIpc) is 2.46. The summed E-state index contributed by atoms with van der Waals surface area (Å²) in [5, 5.41) is 2.95. The highest BCUT2D eigenvalue weighted by Crippen LogP contribution is 2.23. The summed E-state index contributed by atoms with van der Waals surface area (Å²) in [5.74, 6) is 0.618. The van der Waals surface area contributed by atoms with Gasteiger partial charge in [0, 0.05) is 25.3 Å². The monoisotopic (exact) mass is 248 g/mol. The fourth-order valence-corrected chi connectivity index (χ4v) is 2.27. The maximum absolute atomic E-state index is 12.0. The van der Waals surface area contributed by atoms with Crippen LogP contribution < -0.4 is 5.32 Å². The first-order valence-electron chi connectivity index (χ1n) is 6.52. The zero-order valence-corrected chi connectivity index (χ0v) is 10.8. The summed E-state index contributed by atoms with van der Waals surface area (Å²) in [7, 11) is 0. The van der Waals surface area contributed by atoms with Gasteiger partial charge in [-0.3, -0.25) is 9.78 Å². The van der Waals surface area contributed by atoms with E-state index in [2.05, 4.69) is 10.3 Å². The summed E-state index contributed by atoms with van der Waals surface area (Å²) in [5.41, 5.74) is 0.894. The molecule has 1 aromatic rings. The van der Waals surface area contributed by atoms with E-state index >= 15 is 0 Å². The highest BCUT2D eigenvalue weighted by molar-refractivity contribution is 5.78. The van der Waals surface area contributed by atoms with Crippen LogP contribution in [0.15, 0.2) is 24.4 Å². The van der Waals surface area contributed by atoms with E-state index in [0.717, 1.165) is 31.7 Å². The van der Waals surface area contributed by atoms with Gasteiger partial charge in [0.15, 0.2) is 0 Å². The third-order valence-corrected chi connectivity index (χ3v) is 3.56. The summed E-state index contributed by atoms with van der Waals surface area (Å²) in [6.07, 6.45) is 3.71. The minimum Gasteiger partial charge on any atom is -0.381 e. The molecule has 1 saturated heterocycles. The molecule has 1 fully saturated rings. The Morgan fingerprint density at radius 3 is 2.94 bits per heavy atom. The van der Waals surface area contributed by atoms with E-state index in [4.69, 9.17) is 4.74 Å². The Hall–Kier alpha value is -1.42. The maximum Gasteiger partial charge on any atom is 0.223 e. The Labute approximate surface area is 108 Å². The van der Waals surface area contributed by atoms with Crippen molar-refractivity contribution >= 4 is 5.91 Å². The summed E-state index contributed by atoms with van der Waals surface area (Å²) in [4.78, 5) is 16.2. The van der Waals surface area contributed by atoms with Crippen LogP contribution >= 0.6 is 0 Å². The molecule has 4 heteroatoms. The van der Waals surface area contributed by atoms with Crippen molar-refractivity contribution < 1.29 is 9.53 Å². The molecule has 0 saturated carbocycles. The van der Waals surface area contributed by atoms with Crippen LogP contribution in [0.2, 0.25) is 0 Å². The number of hydrogen-bond donors (Lipinski definition) is 1. The largest absolute Gasteiger partial charge is 0.381 e. The number of pyridine rings is 1. The van der Waals surface area contributed by atoms with E-state index in [0.29, 0.717) is 12.5 Å². The molecular weight excluding hydrogens is 228 g/mol. The van der Waals surface area contributed by atoms with Gasteiger partial charge in [-0.1, -0.05) is 13.0 Å². The number of nitrogens with one attached hydrogen (secondary N) is 1. The van der Waals surface area contributed by atoms with Gasteiger partial charge in [0.25, 0.3) is 0 Å². The second-order valence-corrected chi connectivity index (χ2v) is 4.78. The molecule has 98 valence electrons. The normalized spacial score (nSPS) is 18.3. The van der Waals surface area contributed by atoms with Crippen LogP contribution in [-0.2, 0) is 16.1 Å².